The number of hydrogen-bond donors (Lipinski definition) is 1. The van der Waals surface area contributed by atoms with E-state index in [1.165, 1.54) is 11.1 Å². The van der Waals surface area contributed by atoms with Crippen molar-refractivity contribution in [1.29, 1.82) is 0 Å². The molecule has 1 N–H and O–H groups in total. The van der Waals surface area contributed by atoms with Gasteiger partial charge in [0, 0.05) is 12.2 Å². The van der Waals surface area contributed by atoms with Gasteiger partial charge in [0.05, 0.1) is 11.9 Å². The summed E-state index contributed by atoms with van der Waals surface area (Å²) in [6.45, 7) is 4.67. The van der Waals surface area contributed by atoms with Gasteiger partial charge in [0.2, 0.25) is 5.88 Å². The van der Waals surface area contributed by atoms with E-state index in [0.29, 0.717) is 17.9 Å². The van der Waals surface area contributed by atoms with E-state index in [1.807, 2.05) is 13.0 Å². The summed E-state index contributed by atoms with van der Waals surface area (Å²) >= 11 is 0. The van der Waals surface area contributed by atoms with E-state index < -0.39 is 0 Å². The summed E-state index contributed by atoms with van der Waals surface area (Å²) in [4.78, 5) is 8.54. The molecule has 0 aliphatic carbocycles. The van der Waals surface area contributed by atoms with Gasteiger partial charge in [0.15, 0.2) is 5.82 Å². The number of benzene rings is 1. The highest BCUT2D eigenvalue weighted by Gasteiger charge is 2.15. The van der Waals surface area contributed by atoms with Gasteiger partial charge in [-0.15, -0.1) is 0 Å². The first kappa shape index (κ1) is 12.7. The van der Waals surface area contributed by atoms with Gasteiger partial charge in [0.25, 0.3) is 0 Å². The zero-order valence-electron chi connectivity index (χ0n) is 11.7. The molecule has 0 bridgehead atoms. The highest BCUT2D eigenvalue weighted by Crippen LogP contribution is 2.29. The fraction of sp³-hybridized carbons (Fsp3) is 0.250. The van der Waals surface area contributed by atoms with Gasteiger partial charge in [-0.1, -0.05) is 29.8 Å². The molecule has 0 saturated heterocycles. The van der Waals surface area contributed by atoms with Crippen LogP contribution in [-0.2, 0) is 13.0 Å². The Morgan fingerprint density at radius 1 is 1.15 bits per heavy atom. The highest BCUT2D eigenvalue weighted by molar-refractivity contribution is 5.64. The van der Waals surface area contributed by atoms with Crippen LogP contribution < -0.4 is 0 Å². The van der Waals surface area contributed by atoms with Crippen LogP contribution in [0.25, 0.3) is 11.4 Å². The molecule has 0 radical (unpaired) electrons. The van der Waals surface area contributed by atoms with Crippen molar-refractivity contribution in [3.8, 4) is 17.3 Å². The maximum absolute atomic E-state index is 10.3. The Balaban J connectivity index is 1.82. The fourth-order valence-corrected chi connectivity index (χ4v) is 2.30. The molecule has 0 fully saturated rings. The van der Waals surface area contributed by atoms with Crippen LogP contribution in [-0.4, -0.2) is 19.6 Å². The van der Waals surface area contributed by atoms with E-state index in [9.17, 15) is 5.11 Å². The van der Waals surface area contributed by atoms with Crippen LogP contribution in [0.15, 0.2) is 36.7 Å². The average molecular weight is 267 g/mol. The summed E-state index contributed by atoms with van der Waals surface area (Å²) in [5, 5.41) is 10.3. The van der Waals surface area contributed by atoms with Crippen molar-refractivity contribution in [1.82, 2.24) is 14.5 Å². The Bertz CT molecular complexity index is 700. The molecule has 20 heavy (non-hydrogen) atoms. The van der Waals surface area contributed by atoms with Gasteiger partial charge in [-0.3, -0.25) is 0 Å². The summed E-state index contributed by atoms with van der Waals surface area (Å²) in [5.74, 6) is 0.842. The lowest BCUT2D eigenvalue weighted by Crippen LogP contribution is -2.05. The molecule has 1 aromatic rings. The van der Waals surface area contributed by atoms with Crippen LogP contribution >= 0.6 is 0 Å². The lowest BCUT2D eigenvalue weighted by Gasteiger charge is -2.11. The third-order valence-corrected chi connectivity index (χ3v) is 3.47. The largest absolute Gasteiger partial charge is 0.494 e. The van der Waals surface area contributed by atoms with Gasteiger partial charge in [0.1, 0.15) is 0 Å². The monoisotopic (exact) mass is 267 g/mol. The Morgan fingerprint density at radius 2 is 1.90 bits per heavy atom. The number of rotatable bonds is 3. The van der Waals surface area contributed by atoms with Gasteiger partial charge >= 0.3 is 0 Å². The highest BCUT2D eigenvalue weighted by atomic mass is 16.3. The Hall–Kier alpha value is -2.36. The molecular weight excluding hydrogens is 250 g/mol. The number of aromatic nitrogens is 3. The smallest absolute Gasteiger partial charge is 0.203 e. The minimum absolute atomic E-state index is 0.239. The van der Waals surface area contributed by atoms with E-state index in [4.69, 9.17) is 0 Å². The second-order valence-corrected chi connectivity index (χ2v) is 5.13. The average Bonchev–Trinajstić information content (AvgIpc) is 2.81. The van der Waals surface area contributed by atoms with E-state index >= 15 is 0 Å². The maximum atomic E-state index is 10.3. The van der Waals surface area contributed by atoms with Crippen LogP contribution in [0.2, 0.25) is 0 Å². The molecule has 2 aliphatic heterocycles. The molecule has 4 nitrogen and oxygen atoms in total. The summed E-state index contributed by atoms with van der Waals surface area (Å²) in [7, 11) is 0. The van der Waals surface area contributed by atoms with Crippen molar-refractivity contribution in [2.24, 2.45) is 0 Å². The van der Waals surface area contributed by atoms with Crippen LogP contribution in [0.3, 0.4) is 0 Å². The van der Waals surface area contributed by atoms with Crippen molar-refractivity contribution in [3.05, 3.63) is 53.5 Å². The summed E-state index contributed by atoms with van der Waals surface area (Å²) in [6.07, 6.45) is 2.51. The van der Waals surface area contributed by atoms with E-state index in [2.05, 4.69) is 41.2 Å². The zero-order valence-corrected chi connectivity index (χ0v) is 11.7. The normalized spacial score (nSPS) is 11.1. The standard InChI is InChI=1S/C16H17N3O/c1-11-3-5-13(6-4-11)7-8-19-10-17-15-14(16(19)20)9-12(2)18-15/h3-6,9-10,20H,7-8H2,1-2H3. The number of fused-ring (bicyclic) bond motifs is 1. The third kappa shape index (κ3) is 2.37. The molecule has 3 rings (SSSR count). The fourth-order valence-electron chi connectivity index (χ4n) is 2.30. The topological polar surface area (TPSA) is 50.9 Å². The Morgan fingerprint density at radius 3 is 2.65 bits per heavy atom. The SMILES string of the molecule is Cc1ccc(CCn2cnc3nc(C)cc-3c2O)cc1. The van der Waals surface area contributed by atoms with Gasteiger partial charge in [-0.2, -0.15) is 0 Å². The first-order valence-corrected chi connectivity index (χ1v) is 6.70. The molecule has 0 amide bonds. The first-order chi connectivity index (χ1) is 9.63. The lowest BCUT2D eigenvalue weighted by atomic mass is 10.1. The predicted octanol–water partition coefficient (Wildman–Crippen LogP) is 2.95. The van der Waals surface area contributed by atoms with Gasteiger partial charge < -0.3 is 9.67 Å². The molecule has 0 saturated carbocycles. The molecule has 102 valence electrons. The van der Waals surface area contributed by atoms with E-state index in [1.54, 1.807) is 10.9 Å². The van der Waals surface area contributed by atoms with Crippen molar-refractivity contribution in [3.63, 3.8) is 0 Å². The summed E-state index contributed by atoms with van der Waals surface area (Å²) < 4.78 is 1.77. The lowest BCUT2D eigenvalue weighted by molar-refractivity contribution is 0.410. The quantitative estimate of drug-likeness (QED) is 0.793. The Kier molecular flexibility index (Phi) is 3.14. The molecule has 0 spiro atoms. The van der Waals surface area contributed by atoms with Gasteiger partial charge in [-0.25, -0.2) is 9.97 Å². The minimum atomic E-state index is 0.239. The molecule has 4 heteroatoms. The van der Waals surface area contributed by atoms with Crippen LogP contribution in [0.5, 0.6) is 5.88 Å². The van der Waals surface area contributed by atoms with Crippen LogP contribution in [0, 0.1) is 13.8 Å². The van der Waals surface area contributed by atoms with E-state index in [-0.39, 0.29) is 5.88 Å². The summed E-state index contributed by atoms with van der Waals surface area (Å²) in [6, 6.07) is 10.3. The number of aromatic hydroxyl groups is 1. The van der Waals surface area contributed by atoms with Gasteiger partial charge in [-0.05, 0) is 31.9 Å². The molecule has 0 unspecified atom stereocenters. The maximum Gasteiger partial charge on any atom is 0.203 e. The number of nitrogens with zero attached hydrogens (tertiary/aromatic N) is 3. The molecule has 2 aliphatic rings. The Labute approximate surface area is 118 Å². The number of hydrogen-bond acceptors (Lipinski definition) is 3. The third-order valence-electron chi connectivity index (χ3n) is 3.47. The zero-order chi connectivity index (χ0) is 14.1. The minimum Gasteiger partial charge on any atom is -0.494 e. The molecule has 1 aromatic carbocycles. The van der Waals surface area contributed by atoms with Crippen molar-refractivity contribution < 1.29 is 5.11 Å². The van der Waals surface area contributed by atoms with Crippen molar-refractivity contribution in [2.45, 2.75) is 26.8 Å². The van der Waals surface area contributed by atoms with Crippen LogP contribution in [0.1, 0.15) is 16.8 Å². The molecule has 0 atom stereocenters. The number of aryl methyl sites for hydroxylation is 4. The molecule has 2 heterocycles. The van der Waals surface area contributed by atoms with E-state index in [0.717, 1.165) is 12.1 Å². The first-order valence-electron chi connectivity index (χ1n) is 6.70. The predicted molar refractivity (Wildman–Crippen MR) is 77.9 cm³/mol. The second-order valence-electron chi connectivity index (χ2n) is 5.13. The summed E-state index contributed by atoms with van der Waals surface area (Å²) in [5.41, 5.74) is 4.10. The molecule has 0 aromatic heterocycles. The van der Waals surface area contributed by atoms with Crippen molar-refractivity contribution in [2.75, 3.05) is 0 Å². The second kappa shape index (κ2) is 4.96. The van der Waals surface area contributed by atoms with Crippen molar-refractivity contribution >= 4 is 0 Å². The van der Waals surface area contributed by atoms with Crippen LogP contribution in [0.4, 0.5) is 0 Å². The molecular formula is C16H17N3O.